The van der Waals surface area contributed by atoms with E-state index in [0.29, 0.717) is 0 Å². The number of amidine groups is 1. The third-order valence-electron chi connectivity index (χ3n) is 3.74. The molecule has 3 heterocycles. The lowest BCUT2D eigenvalue weighted by atomic mass is 10.2. The summed E-state index contributed by atoms with van der Waals surface area (Å²) in [5, 5.41) is 2.26. The Hall–Kier alpha value is -1.33. The molecule has 1 aromatic heterocycles. The first kappa shape index (κ1) is 13.3. The van der Waals surface area contributed by atoms with Gasteiger partial charge in [0.15, 0.2) is 5.17 Å². The summed E-state index contributed by atoms with van der Waals surface area (Å²) in [4.78, 5) is 9.55. The molecule has 0 spiro atoms. The summed E-state index contributed by atoms with van der Waals surface area (Å²) in [6.45, 7) is 4.05. The first-order valence-corrected chi connectivity index (χ1v) is 8.82. The van der Waals surface area contributed by atoms with Crippen LogP contribution in [0.15, 0.2) is 34.2 Å². The van der Waals surface area contributed by atoms with Gasteiger partial charge in [0.1, 0.15) is 5.82 Å². The van der Waals surface area contributed by atoms with Crippen molar-refractivity contribution in [1.29, 1.82) is 0 Å². The number of hydrogen-bond acceptors (Lipinski definition) is 4. The van der Waals surface area contributed by atoms with Crippen LogP contribution >= 0.6 is 23.1 Å². The molecule has 0 saturated heterocycles. The fraction of sp³-hybridized carbons (Fsp3) is 0.312. The third kappa shape index (κ3) is 2.19. The fourth-order valence-electron chi connectivity index (χ4n) is 2.82. The Bertz CT molecular complexity index is 776. The van der Waals surface area contributed by atoms with E-state index >= 15 is 0 Å². The van der Waals surface area contributed by atoms with Crippen LogP contribution in [0.2, 0.25) is 0 Å². The van der Waals surface area contributed by atoms with Gasteiger partial charge in [-0.1, -0.05) is 31.2 Å². The van der Waals surface area contributed by atoms with Gasteiger partial charge in [0.25, 0.3) is 0 Å². The monoisotopic (exact) mass is 318 g/mol. The van der Waals surface area contributed by atoms with Gasteiger partial charge < -0.3 is 4.90 Å². The highest BCUT2D eigenvalue weighted by Gasteiger charge is 2.33. The smallest absolute Gasteiger partial charge is 0.168 e. The molecule has 4 rings (SSSR count). The summed E-state index contributed by atoms with van der Waals surface area (Å²) in [5.74, 6) is -0.164. The highest BCUT2D eigenvalue weighted by molar-refractivity contribution is 8.17. The molecule has 108 valence electrons. The van der Waals surface area contributed by atoms with Crippen molar-refractivity contribution in [3.63, 3.8) is 0 Å². The number of allylic oxidation sites excluding steroid dienone is 1. The first-order chi connectivity index (χ1) is 10.3. The van der Waals surface area contributed by atoms with Gasteiger partial charge >= 0.3 is 0 Å². The predicted molar refractivity (Wildman–Crippen MR) is 90.2 cm³/mol. The fourth-order valence-corrected chi connectivity index (χ4v) is 5.34. The average Bonchev–Trinajstić information content (AvgIpc) is 3.11. The Morgan fingerprint density at radius 2 is 2.24 bits per heavy atom. The van der Waals surface area contributed by atoms with E-state index in [1.807, 2.05) is 17.8 Å². The van der Waals surface area contributed by atoms with E-state index in [0.717, 1.165) is 41.2 Å². The largest absolute Gasteiger partial charge is 0.317 e. The van der Waals surface area contributed by atoms with Crippen LogP contribution in [0.4, 0.5) is 4.39 Å². The molecule has 0 radical (unpaired) electrons. The third-order valence-corrected chi connectivity index (χ3v) is 6.02. The van der Waals surface area contributed by atoms with Crippen molar-refractivity contribution in [1.82, 2.24) is 4.90 Å². The Morgan fingerprint density at radius 3 is 3.10 bits per heavy atom. The molecule has 2 aromatic rings. The second-order valence-corrected chi connectivity index (χ2v) is 7.38. The summed E-state index contributed by atoms with van der Waals surface area (Å²) >= 11 is 3.49. The number of fused-ring (bicyclic) bond motifs is 2. The van der Waals surface area contributed by atoms with Crippen molar-refractivity contribution in [3.05, 3.63) is 39.9 Å². The quantitative estimate of drug-likeness (QED) is 0.797. The second kappa shape index (κ2) is 5.14. The summed E-state index contributed by atoms with van der Waals surface area (Å²) < 4.78 is 14.4. The molecule has 0 aliphatic carbocycles. The zero-order valence-corrected chi connectivity index (χ0v) is 13.4. The lowest BCUT2D eigenvalue weighted by Gasteiger charge is -2.15. The molecular weight excluding hydrogens is 303 g/mol. The molecular formula is C16H15FN2S2. The van der Waals surface area contributed by atoms with E-state index in [-0.39, 0.29) is 5.82 Å². The minimum atomic E-state index is -0.164. The lowest BCUT2D eigenvalue weighted by Crippen LogP contribution is -2.19. The van der Waals surface area contributed by atoms with Gasteiger partial charge in [0.05, 0.1) is 17.1 Å². The van der Waals surface area contributed by atoms with E-state index in [1.165, 1.54) is 21.5 Å². The van der Waals surface area contributed by atoms with Crippen molar-refractivity contribution >= 4 is 44.0 Å². The van der Waals surface area contributed by atoms with Gasteiger partial charge in [-0.3, -0.25) is 4.99 Å². The maximum Gasteiger partial charge on any atom is 0.168 e. The number of thioether (sulfide) groups is 1. The number of benzene rings is 1. The molecule has 2 aliphatic rings. The van der Waals surface area contributed by atoms with Crippen molar-refractivity contribution in [2.24, 2.45) is 4.99 Å². The summed E-state index contributed by atoms with van der Waals surface area (Å²) in [7, 11) is 0. The predicted octanol–water partition coefficient (Wildman–Crippen LogP) is 4.93. The molecule has 2 nitrogen and oxygen atoms in total. The number of aliphatic imine (C=N–C) groups is 1. The van der Waals surface area contributed by atoms with E-state index in [9.17, 15) is 4.39 Å². The molecule has 2 aliphatic heterocycles. The van der Waals surface area contributed by atoms with E-state index in [2.05, 4.69) is 22.9 Å². The van der Waals surface area contributed by atoms with Crippen molar-refractivity contribution in [2.75, 3.05) is 13.1 Å². The zero-order chi connectivity index (χ0) is 14.4. The van der Waals surface area contributed by atoms with Crippen LogP contribution in [0, 0.1) is 5.82 Å². The number of thiophene rings is 1. The van der Waals surface area contributed by atoms with Gasteiger partial charge in [-0.15, -0.1) is 11.3 Å². The van der Waals surface area contributed by atoms with Crippen LogP contribution in [0.1, 0.15) is 24.6 Å². The van der Waals surface area contributed by atoms with E-state index in [4.69, 9.17) is 0 Å². The Balaban J connectivity index is 1.84. The van der Waals surface area contributed by atoms with Gasteiger partial charge in [0.2, 0.25) is 0 Å². The SMILES string of the molecule is CCCC1=C(c2cc3ccc(F)cc3s2)N2CCN=C2S1. The molecule has 1 aromatic carbocycles. The van der Waals surface area contributed by atoms with E-state index in [1.54, 1.807) is 17.4 Å². The molecule has 0 N–H and O–H groups in total. The van der Waals surface area contributed by atoms with Gasteiger partial charge in [-0.25, -0.2) is 4.39 Å². The van der Waals surface area contributed by atoms with Crippen molar-refractivity contribution < 1.29 is 4.39 Å². The summed E-state index contributed by atoms with van der Waals surface area (Å²) in [5.41, 5.74) is 1.31. The zero-order valence-electron chi connectivity index (χ0n) is 11.7. The average molecular weight is 318 g/mol. The number of nitrogens with zero attached hydrogens (tertiary/aromatic N) is 2. The van der Waals surface area contributed by atoms with Crippen LogP contribution in [0.5, 0.6) is 0 Å². The van der Waals surface area contributed by atoms with Gasteiger partial charge in [-0.05, 0) is 30.0 Å². The highest BCUT2D eigenvalue weighted by atomic mass is 32.2. The summed E-state index contributed by atoms with van der Waals surface area (Å²) in [6.07, 6.45) is 2.21. The van der Waals surface area contributed by atoms with Crippen LogP contribution in [-0.4, -0.2) is 23.2 Å². The molecule has 0 saturated carbocycles. The van der Waals surface area contributed by atoms with Crippen LogP contribution in [0.3, 0.4) is 0 Å². The first-order valence-electron chi connectivity index (χ1n) is 7.18. The van der Waals surface area contributed by atoms with Gasteiger partial charge in [0, 0.05) is 16.1 Å². The summed E-state index contributed by atoms with van der Waals surface area (Å²) in [6, 6.07) is 7.22. The highest BCUT2D eigenvalue weighted by Crippen LogP contribution is 2.46. The standard InChI is InChI=1S/C16H15FN2S2/c1-2-3-12-15(19-7-6-18-16(19)21-12)14-8-10-4-5-11(17)9-13(10)20-14/h4-5,8-9H,2-3,6-7H2,1H3. The van der Waals surface area contributed by atoms with Crippen molar-refractivity contribution in [2.45, 2.75) is 19.8 Å². The van der Waals surface area contributed by atoms with Gasteiger partial charge in [-0.2, -0.15) is 0 Å². The number of halogens is 1. The minimum absolute atomic E-state index is 0.164. The molecule has 0 atom stereocenters. The Labute approximate surface area is 131 Å². The lowest BCUT2D eigenvalue weighted by molar-refractivity contribution is 0.630. The molecule has 21 heavy (non-hydrogen) atoms. The molecule has 0 bridgehead atoms. The number of rotatable bonds is 3. The molecule has 5 heteroatoms. The van der Waals surface area contributed by atoms with Crippen LogP contribution in [-0.2, 0) is 0 Å². The van der Waals surface area contributed by atoms with Crippen LogP contribution in [0.25, 0.3) is 15.8 Å². The van der Waals surface area contributed by atoms with E-state index < -0.39 is 0 Å². The minimum Gasteiger partial charge on any atom is -0.317 e. The Kier molecular flexibility index (Phi) is 3.27. The van der Waals surface area contributed by atoms with Crippen LogP contribution < -0.4 is 0 Å². The molecule has 0 fully saturated rings. The second-order valence-electron chi connectivity index (χ2n) is 5.23. The molecule has 0 unspecified atom stereocenters. The Morgan fingerprint density at radius 1 is 1.33 bits per heavy atom. The van der Waals surface area contributed by atoms with Crippen molar-refractivity contribution in [3.8, 4) is 0 Å². The maximum atomic E-state index is 13.4. The number of hydrogen-bond donors (Lipinski definition) is 0. The normalized spacial score (nSPS) is 17.8. The molecule has 0 amide bonds. The topological polar surface area (TPSA) is 15.6 Å². The maximum absolute atomic E-state index is 13.4.